The maximum atomic E-state index is 11.9. The Labute approximate surface area is 191 Å². The summed E-state index contributed by atoms with van der Waals surface area (Å²) in [5.41, 5.74) is 3.09. The van der Waals surface area contributed by atoms with Crippen molar-refractivity contribution in [2.75, 3.05) is 19.0 Å². The molecule has 0 bridgehead atoms. The number of carbonyl (C=O) groups is 2. The number of benzene rings is 2. The van der Waals surface area contributed by atoms with Crippen molar-refractivity contribution in [3.8, 4) is 5.75 Å². The molecular weight excluding hydrogens is 503 g/mol. The molecule has 0 spiro atoms. The zero-order chi connectivity index (χ0) is 21.2. The molecule has 10 heteroatoms. The quantitative estimate of drug-likeness (QED) is 0.220. The molecule has 0 aromatic heterocycles. The summed E-state index contributed by atoms with van der Waals surface area (Å²) in [4.78, 5) is 24.2. The van der Waals surface area contributed by atoms with Crippen molar-refractivity contribution in [3.63, 3.8) is 0 Å². The third-order valence-electron chi connectivity index (χ3n) is 3.25. The predicted octanol–water partition coefficient (Wildman–Crippen LogP) is 4.94. The maximum absolute atomic E-state index is 11.9. The van der Waals surface area contributed by atoms with Crippen LogP contribution in [0.25, 0.3) is 0 Å². The standard InChI is InChI=1S/C19H17BrCl2N2O4S/c1-2-27-18(26)10-28-19-15(20)7-12(8-16(19)22)9-23-24-17(25)11-29-14-5-3-13(21)4-6-14/h3-9H,2,10-11H2,1H3,(H,24,25)/b23-9-. The SMILES string of the molecule is CCOC(=O)COc1c(Cl)cc(/C=N\NC(=O)CSc2ccc(Cl)cc2)cc1Br. The molecule has 0 radical (unpaired) electrons. The van der Waals surface area contributed by atoms with Gasteiger partial charge in [0.25, 0.3) is 0 Å². The van der Waals surface area contributed by atoms with Crippen LogP contribution in [0.15, 0.2) is 50.9 Å². The van der Waals surface area contributed by atoms with E-state index in [-0.39, 0.29) is 29.9 Å². The van der Waals surface area contributed by atoms with E-state index >= 15 is 0 Å². The van der Waals surface area contributed by atoms with E-state index in [0.29, 0.717) is 20.8 Å². The number of hydrogen-bond donors (Lipinski definition) is 1. The monoisotopic (exact) mass is 518 g/mol. The molecule has 0 fully saturated rings. The molecule has 154 valence electrons. The zero-order valence-corrected chi connectivity index (χ0v) is 19.2. The van der Waals surface area contributed by atoms with E-state index in [4.69, 9.17) is 32.7 Å². The third-order valence-corrected chi connectivity index (χ3v) is 5.38. The Kier molecular flexibility index (Phi) is 9.80. The van der Waals surface area contributed by atoms with Crippen LogP contribution in [0.1, 0.15) is 12.5 Å². The van der Waals surface area contributed by atoms with E-state index < -0.39 is 5.97 Å². The highest BCUT2D eigenvalue weighted by molar-refractivity contribution is 9.10. The summed E-state index contributed by atoms with van der Waals surface area (Å²) in [6, 6.07) is 10.5. The number of hydrazone groups is 1. The molecule has 0 aliphatic rings. The number of nitrogens with zero attached hydrogens (tertiary/aromatic N) is 1. The first-order chi connectivity index (χ1) is 13.9. The van der Waals surface area contributed by atoms with Crippen LogP contribution >= 0.6 is 50.9 Å². The summed E-state index contributed by atoms with van der Waals surface area (Å²) < 4.78 is 10.7. The van der Waals surface area contributed by atoms with Crippen molar-refractivity contribution < 1.29 is 19.1 Å². The van der Waals surface area contributed by atoms with Crippen LogP contribution in [0.4, 0.5) is 0 Å². The van der Waals surface area contributed by atoms with E-state index in [1.165, 1.54) is 18.0 Å². The number of rotatable bonds is 9. The summed E-state index contributed by atoms with van der Waals surface area (Å²) in [7, 11) is 0. The van der Waals surface area contributed by atoms with Gasteiger partial charge < -0.3 is 9.47 Å². The number of carbonyl (C=O) groups excluding carboxylic acids is 2. The Morgan fingerprint density at radius 1 is 1.24 bits per heavy atom. The molecule has 0 atom stereocenters. The minimum atomic E-state index is -0.486. The summed E-state index contributed by atoms with van der Waals surface area (Å²) in [6.45, 7) is 1.74. The molecule has 0 aliphatic heterocycles. The molecule has 0 heterocycles. The molecule has 2 aromatic carbocycles. The van der Waals surface area contributed by atoms with E-state index in [1.54, 1.807) is 31.2 Å². The largest absolute Gasteiger partial charge is 0.479 e. The molecule has 0 saturated carbocycles. The Bertz CT molecular complexity index is 871. The molecule has 2 aromatic rings. The number of hydrogen-bond acceptors (Lipinski definition) is 6. The summed E-state index contributed by atoms with van der Waals surface area (Å²) in [6.07, 6.45) is 1.45. The van der Waals surface area contributed by atoms with Gasteiger partial charge in [0.2, 0.25) is 5.91 Å². The lowest BCUT2D eigenvalue weighted by molar-refractivity contribution is -0.145. The van der Waals surface area contributed by atoms with Crippen molar-refractivity contribution in [2.45, 2.75) is 11.8 Å². The lowest BCUT2D eigenvalue weighted by atomic mass is 10.2. The fourth-order valence-corrected chi connectivity index (χ4v) is 3.82. The van der Waals surface area contributed by atoms with E-state index in [2.05, 4.69) is 26.5 Å². The Hall–Kier alpha value is -1.74. The first-order valence-electron chi connectivity index (χ1n) is 8.36. The van der Waals surface area contributed by atoms with Gasteiger partial charge in [-0.05, 0) is 64.8 Å². The lowest BCUT2D eigenvalue weighted by Crippen LogP contribution is -2.19. The minimum Gasteiger partial charge on any atom is -0.479 e. The fourth-order valence-electron chi connectivity index (χ4n) is 2.02. The Balaban J connectivity index is 1.87. The number of amides is 1. The molecule has 29 heavy (non-hydrogen) atoms. The average molecular weight is 520 g/mol. The normalized spacial score (nSPS) is 10.8. The molecule has 0 unspecified atom stereocenters. The number of thioether (sulfide) groups is 1. The van der Waals surface area contributed by atoms with Crippen molar-refractivity contribution in [3.05, 3.63) is 56.5 Å². The highest BCUT2D eigenvalue weighted by Gasteiger charge is 2.11. The number of nitrogens with one attached hydrogen (secondary N) is 1. The molecule has 1 amide bonds. The van der Waals surface area contributed by atoms with Gasteiger partial charge in [0.15, 0.2) is 12.4 Å². The highest BCUT2D eigenvalue weighted by Crippen LogP contribution is 2.34. The summed E-state index contributed by atoms with van der Waals surface area (Å²) in [5.74, 6) is -0.203. The first-order valence-corrected chi connectivity index (χ1v) is 10.9. The van der Waals surface area contributed by atoms with Crippen molar-refractivity contribution in [1.29, 1.82) is 0 Å². The van der Waals surface area contributed by atoms with Gasteiger partial charge in [-0.3, -0.25) is 4.79 Å². The molecule has 1 N–H and O–H groups in total. The van der Waals surface area contributed by atoms with Crippen LogP contribution < -0.4 is 10.2 Å². The van der Waals surface area contributed by atoms with Gasteiger partial charge in [0, 0.05) is 9.92 Å². The predicted molar refractivity (Wildman–Crippen MR) is 119 cm³/mol. The maximum Gasteiger partial charge on any atom is 0.344 e. The van der Waals surface area contributed by atoms with Crippen molar-refractivity contribution in [2.24, 2.45) is 5.10 Å². The van der Waals surface area contributed by atoms with Crippen molar-refractivity contribution in [1.82, 2.24) is 5.43 Å². The van der Waals surface area contributed by atoms with Crippen LogP contribution in [-0.2, 0) is 14.3 Å². The molecule has 2 rings (SSSR count). The van der Waals surface area contributed by atoms with Gasteiger partial charge in [-0.2, -0.15) is 5.10 Å². The second-order valence-electron chi connectivity index (χ2n) is 5.44. The van der Waals surface area contributed by atoms with Crippen LogP contribution in [0.5, 0.6) is 5.75 Å². The third kappa shape index (κ3) is 8.26. The smallest absolute Gasteiger partial charge is 0.344 e. The van der Waals surface area contributed by atoms with Crippen LogP contribution in [0, 0.1) is 0 Å². The second-order valence-corrected chi connectivity index (χ2v) is 8.19. The van der Waals surface area contributed by atoms with Gasteiger partial charge in [-0.25, -0.2) is 10.2 Å². The molecular formula is C19H17BrCl2N2O4S. The van der Waals surface area contributed by atoms with Gasteiger partial charge in [0.05, 0.1) is 28.1 Å². The summed E-state index contributed by atoms with van der Waals surface area (Å²) >= 11 is 16.7. The van der Waals surface area contributed by atoms with E-state index in [0.717, 1.165) is 4.90 Å². The van der Waals surface area contributed by atoms with E-state index in [1.807, 2.05) is 12.1 Å². The van der Waals surface area contributed by atoms with Gasteiger partial charge in [0.1, 0.15) is 0 Å². The highest BCUT2D eigenvalue weighted by atomic mass is 79.9. The van der Waals surface area contributed by atoms with E-state index in [9.17, 15) is 9.59 Å². The number of esters is 1. The topological polar surface area (TPSA) is 77.0 Å². The van der Waals surface area contributed by atoms with Crippen LogP contribution in [0.2, 0.25) is 10.0 Å². The van der Waals surface area contributed by atoms with Gasteiger partial charge >= 0.3 is 5.97 Å². The molecule has 0 saturated heterocycles. The first kappa shape index (κ1) is 23.5. The lowest BCUT2D eigenvalue weighted by Gasteiger charge is -2.10. The second kappa shape index (κ2) is 12.1. The molecule has 0 aliphatic carbocycles. The summed E-state index contributed by atoms with van der Waals surface area (Å²) in [5, 5.41) is 4.86. The Morgan fingerprint density at radius 2 is 1.97 bits per heavy atom. The Morgan fingerprint density at radius 3 is 2.62 bits per heavy atom. The average Bonchev–Trinajstić information content (AvgIpc) is 2.67. The number of ether oxygens (including phenoxy) is 2. The minimum absolute atomic E-state index is 0.212. The zero-order valence-electron chi connectivity index (χ0n) is 15.3. The number of halogens is 3. The fraction of sp³-hybridized carbons (Fsp3) is 0.211. The molecule has 6 nitrogen and oxygen atoms in total. The van der Waals surface area contributed by atoms with Crippen LogP contribution in [-0.4, -0.2) is 37.1 Å². The van der Waals surface area contributed by atoms with Crippen LogP contribution in [0.3, 0.4) is 0 Å². The van der Waals surface area contributed by atoms with Gasteiger partial charge in [-0.15, -0.1) is 11.8 Å². The van der Waals surface area contributed by atoms with Crippen molar-refractivity contribution >= 4 is 69.0 Å². The van der Waals surface area contributed by atoms with Gasteiger partial charge in [-0.1, -0.05) is 23.2 Å².